The first-order valence-electron chi connectivity index (χ1n) is 7.46. The summed E-state index contributed by atoms with van der Waals surface area (Å²) in [7, 11) is 0. The third-order valence-electron chi connectivity index (χ3n) is 3.94. The van der Waals surface area contributed by atoms with Gasteiger partial charge in [-0.15, -0.1) is 0 Å². The molecule has 1 fully saturated rings. The monoisotopic (exact) mass is 295 g/mol. The molecule has 1 aliphatic heterocycles. The number of amides is 1. The summed E-state index contributed by atoms with van der Waals surface area (Å²) in [5.74, 6) is -1.19. The number of benzene rings is 1. The maximum atomic E-state index is 13.0. The number of hydrogen-bond donors (Lipinski definition) is 2. The van der Waals surface area contributed by atoms with Gasteiger partial charge in [-0.2, -0.15) is 0 Å². The van der Waals surface area contributed by atoms with E-state index in [9.17, 15) is 19.4 Å². The maximum absolute atomic E-state index is 13.0. The molecule has 1 amide bonds. The predicted molar refractivity (Wildman–Crippen MR) is 77.7 cm³/mol. The van der Waals surface area contributed by atoms with Crippen LogP contribution in [0.15, 0.2) is 18.2 Å². The Morgan fingerprint density at radius 1 is 1.43 bits per heavy atom. The van der Waals surface area contributed by atoms with Gasteiger partial charge in [0.05, 0.1) is 11.7 Å². The molecule has 1 aliphatic rings. The molecule has 1 saturated heterocycles. The van der Waals surface area contributed by atoms with Gasteiger partial charge in [-0.05, 0) is 38.3 Å². The van der Waals surface area contributed by atoms with Gasteiger partial charge in [-0.25, -0.2) is 4.39 Å². The van der Waals surface area contributed by atoms with Gasteiger partial charge < -0.3 is 15.1 Å². The molecular formula is C16H22FNO3. The zero-order chi connectivity index (χ0) is 15.4. The van der Waals surface area contributed by atoms with E-state index in [0.717, 1.165) is 31.7 Å². The first-order chi connectivity index (χ1) is 9.99. The van der Waals surface area contributed by atoms with Crippen molar-refractivity contribution in [3.8, 4) is 5.75 Å². The highest BCUT2D eigenvalue weighted by atomic mass is 19.1. The molecule has 2 atom stereocenters. The zero-order valence-corrected chi connectivity index (χ0v) is 12.3. The van der Waals surface area contributed by atoms with E-state index in [-0.39, 0.29) is 23.3 Å². The van der Waals surface area contributed by atoms with Crippen molar-refractivity contribution in [2.45, 2.75) is 51.2 Å². The SMILES string of the molecule is CC(O)CC1CCCCCN1C(=O)c1ccc(F)cc1O. The van der Waals surface area contributed by atoms with E-state index in [1.807, 2.05) is 0 Å². The number of halogens is 1. The van der Waals surface area contributed by atoms with Crippen molar-refractivity contribution in [3.05, 3.63) is 29.6 Å². The molecule has 0 aliphatic carbocycles. The van der Waals surface area contributed by atoms with E-state index in [1.165, 1.54) is 12.1 Å². The third kappa shape index (κ3) is 3.94. The predicted octanol–water partition coefficient (Wildman–Crippen LogP) is 2.69. The van der Waals surface area contributed by atoms with Crippen molar-refractivity contribution in [2.24, 2.45) is 0 Å². The fourth-order valence-corrected chi connectivity index (χ4v) is 2.92. The summed E-state index contributed by atoms with van der Waals surface area (Å²) in [6.45, 7) is 2.32. The Balaban J connectivity index is 2.24. The second kappa shape index (κ2) is 6.89. The molecule has 1 aromatic carbocycles. The van der Waals surface area contributed by atoms with Crippen LogP contribution < -0.4 is 0 Å². The largest absolute Gasteiger partial charge is 0.507 e. The van der Waals surface area contributed by atoms with Crippen LogP contribution in [0.1, 0.15) is 49.4 Å². The first-order valence-corrected chi connectivity index (χ1v) is 7.46. The lowest BCUT2D eigenvalue weighted by Crippen LogP contribution is -2.41. The Morgan fingerprint density at radius 3 is 2.86 bits per heavy atom. The van der Waals surface area contributed by atoms with Crippen LogP contribution in [-0.4, -0.2) is 39.7 Å². The highest BCUT2D eigenvalue weighted by Crippen LogP contribution is 2.26. The molecule has 2 unspecified atom stereocenters. The number of hydrogen-bond acceptors (Lipinski definition) is 3. The Labute approximate surface area is 124 Å². The number of carbonyl (C=O) groups excluding carboxylic acids is 1. The zero-order valence-electron chi connectivity index (χ0n) is 12.3. The van der Waals surface area contributed by atoms with E-state index >= 15 is 0 Å². The Bertz CT molecular complexity index is 504. The Morgan fingerprint density at radius 2 is 2.19 bits per heavy atom. The molecule has 2 rings (SSSR count). The van der Waals surface area contributed by atoms with E-state index in [4.69, 9.17) is 0 Å². The van der Waals surface area contributed by atoms with Crippen LogP contribution in [0.2, 0.25) is 0 Å². The summed E-state index contributed by atoms with van der Waals surface area (Å²) >= 11 is 0. The van der Waals surface area contributed by atoms with E-state index in [2.05, 4.69) is 0 Å². The highest BCUT2D eigenvalue weighted by Gasteiger charge is 2.28. The third-order valence-corrected chi connectivity index (χ3v) is 3.94. The fraction of sp³-hybridized carbons (Fsp3) is 0.562. The summed E-state index contributed by atoms with van der Waals surface area (Å²) in [6.07, 6.45) is 3.87. The van der Waals surface area contributed by atoms with Gasteiger partial charge >= 0.3 is 0 Å². The molecule has 0 radical (unpaired) electrons. The minimum absolute atomic E-state index is 0.0375. The molecule has 1 aromatic rings. The molecule has 0 spiro atoms. The lowest BCUT2D eigenvalue weighted by atomic mass is 10.0. The summed E-state index contributed by atoms with van der Waals surface area (Å²) in [5.41, 5.74) is 0.119. The molecular weight excluding hydrogens is 273 g/mol. The number of aliphatic hydroxyl groups is 1. The second-order valence-electron chi connectivity index (χ2n) is 5.75. The number of nitrogens with zero attached hydrogens (tertiary/aromatic N) is 1. The number of aromatic hydroxyl groups is 1. The van der Waals surface area contributed by atoms with Crippen LogP contribution in [0.25, 0.3) is 0 Å². The fourth-order valence-electron chi connectivity index (χ4n) is 2.92. The summed E-state index contributed by atoms with van der Waals surface area (Å²) in [5, 5.41) is 19.4. The summed E-state index contributed by atoms with van der Waals surface area (Å²) < 4.78 is 13.0. The van der Waals surface area contributed by atoms with Crippen molar-refractivity contribution in [1.82, 2.24) is 4.90 Å². The van der Waals surface area contributed by atoms with Crippen molar-refractivity contribution in [3.63, 3.8) is 0 Å². The summed E-state index contributed by atoms with van der Waals surface area (Å²) in [6, 6.07) is 3.41. The molecule has 4 nitrogen and oxygen atoms in total. The minimum Gasteiger partial charge on any atom is -0.507 e. The molecule has 21 heavy (non-hydrogen) atoms. The quantitative estimate of drug-likeness (QED) is 0.901. The van der Waals surface area contributed by atoms with Crippen LogP contribution in [0.3, 0.4) is 0 Å². The minimum atomic E-state index is -0.569. The molecule has 0 saturated carbocycles. The van der Waals surface area contributed by atoms with Crippen molar-refractivity contribution in [1.29, 1.82) is 0 Å². The van der Waals surface area contributed by atoms with Gasteiger partial charge in [-0.1, -0.05) is 12.8 Å². The normalized spacial score (nSPS) is 20.9. The lowest BCUT2D eigenvalue weighted by molar-refractivity contribution is 0.0604. The average molecular weight is 295 g/mol. The molecule has 116 valence electrons. The van der Waals surface area contributed by atoms with Crippen LogP contribution >= 0.6 is 0 Å². The van der Waals surface area contributed by atoms with Gasteiger partial charge in [0.2, 0.25) is 0 Å². The van der Waals surface area contributed by atoms with Gasteiger partial charge in [0.25, 0.3) is 5.91 Å². The number of likely N-dealkylation sites (tertiary alicyclic amines) is 1. The topological polar surface area (TPSA) is 60.8 Å². The lowest BCUT2D eigenvalue weighted by Gasteiger charge is -2.31. The van der Waals surface area contributed by atoms with Crippen LogP contribution in [-0.2, 0) is 0 Å². The van der Waals surface area contributed by atoms with E-state index < -0.39 is 11.9 Å². The van der Waals surface area contributed by atoms with Gasteiger partial charge in [-0.3, -0.25) is 4.79 Å². The number of carbonyl (C=O) groups is 1. The van der Waals surface area contributed by atoms with Crippen molar-refractivity contribution in [2.75, 3.05) is 6.54 Å². The van der Waals surface area contributed by atoms with Gasteiger partial charge in [0.1, 0.15) is 11.6 Å². The summed E-state index contributed by atoms with van der Waals surface area (Å²) in [4.78, 5) is 14.4. The van der Waals surface area contributed by atoms with E-state index in [0.29, 0.717) is 13.0 Å². The number of phenols is 1. The maximum Gasteiger partial charge on any atom is 0.257 e. The molecule has 1 heterocycles. The van der Waals surface area contributed by atoms with Crippen LogP contribution in [0.4, 0.5) is 4.39 Å². The smallest absolute Gasteiger partial charge is 0.257 e. The number of phenolic OH excluding ortho intramolecular Hbond substituents is 1. The van der Waals surface area contributed by atoms with Crippen molar-refractivity contribution >= 4 is 5.91 Å². The standard InChI is InChI=1S/C16H22FNO3/c1-11(19)9-13-5-3-2-4-8-18(13)16(21)14-7-6-12(17)10-15(14)20/h6-7,10-11,13,19-20H,2-5,8-9H2,1H3. The van der Waals surface area contributed by atoms with Gasteiger partial charge in [0, 0.05) is 18.7 Å². The first kappa shape index (κ1) is 15.8. The number of rotatable bonds is 3. The van der Waals surface area contributed by atoms with Gasteiger partial charge in [0.15, 0.2) is 0 Å². The number of aliphatic hydroxyl groups excluding tert-OH is 1. The van der Waals surface area contributed by atoms with Crippen LogP contribution in [0.5, 0.6) is 5.75 Å². The average Bonchev–Trinajstić information content (AvgIpc) is 2.63. The Kier molecular flexibility index (Phi) is 5.17. The second-order valence-corrected chi connectivity index (χ2v) is 5.75. The Hall–Kier alpha value is -1.62. The van der Waals surface area contributed by atoms with Crippen molar-refractivity contribution < 1.29 is 19.4 Å². The van der Waals surface area contributed by atoms with Crippen LogP contribution in [0, 0.1) is 5.82 Å². The molecule has 2 N–H and O–H groups in total. The molecule has 0 aromatic heterocycles. The van der Waals surface area contributed by atoms with E-state index in [1.54, 1.807) is 11.8 Å². The molecule has 5 heteroatoms. The highest BCUT2D eigenvalue weighted by molar-refractivity contribution is 5.97. The molecule has 0 bridgehead atoms.